The molecular formula is C35H48F2O. The Labute approximate surface area is 230 Å². The average Bonchev–Trinajstić information content (AvgIpc) is 2.94. The highest BCUT2D eigenvalue weighted by Crippen LogP contribution is 2.38. The second-order valence-electron chi connectivity index (χ2n) is 11.9. The predicted octanol–water partition coefficient (Wildman–Crippen LogP) is 10.7. The van der Waals surface area contributed by atoms with Crippen molar-refractivity contribution in [3.63, 3.8) is 0 Å². The molecule has 38 heavy (non-hydrogen) atoms. The summed E-state index contributed by atoms with van der Waals surface area (Å²) in [5.41, 5.74) is 4.07. The summed E-state index contributed by atoms with van der Waals surface area (Å²) in [6.45, 7) is 4.28. The zero-order chi connectivity index (χ0) is 26.8. The number of benzene rings is 2. The van der Waals surface area contributed by atoms with E-state index in [0.717, 1.165) is 11.5 Å². The molecule has 208 valence electrons. The van der Waals surface area contributed by atoms with E-state index in [1.54, 1.807) is 0 Å². The van der Waals surface area contributed by atoms with E-state index in [-0.39, 0.29) is 13.0 Å². The van der Waals surface area contributed by atoms with Crippen LogP contribution in [-0.4, -0.2) is 6.11 Å². The maximum atomic E-state index is 14.7. The lowest BCUT2D eigenvalue weighted by Gasteiger charge is -2.29. The number of halogens is 2. The van der Waals surface area contributed by atoms with Crippen LogP contribution in [0.5, 0.6) is 0 Å². The van der Waals surface area contributed by atoms with Crippen molar-refractivity contribution in [1.29, 1.82) is 0 Å². The molecule has 0 aliphatic heterocycles. The molecule has 3 heteroatoms. The molecule has 0 spiro atoms. The number of hydrogen-bond donors (Lipinski definition) is 0. The summed E-state index contributed by atoms with van der Waals surface area (Å²) in [6.07, 6.45) is 16.2. The second-order valence-corrected chi connectivity index (χ2v) is 11.9. The lowest BCUT2D eigenvalue weighted by Crippen LogP contribution is -2.23. The molecule has 0 atom stereocenters. The first-order valence-corrected chi connectivity index (χ1v) is 15.3. The summed E-state index contributed by atoms with van der Waals surface area (Å²) in [7, 11) is 0. The van der Waals surface area contributed by atoms with Gasteiger partial charge in [-0.05, 0) is 104 Å². The molecule has 0 N–H and O–H groups in total. The van der Waals surface area contributed by atoms with E-state index in [0.29, 0.717) is 23.3 Å². The van der Waals surface area contributed by atoms with Gasteiger partial charge in [-0.1, -0.05) is 93.3 Å². The highest BCUT2D eigenvalue weighted by atomic mass is 19.3. The molecule has 2 aliphatic rings. The minimum absolute atomic E-state index is 0.0686. The van der Waals surface area contributed by atoms with E-state index < -0.39 is 6.11 Å². The first-order chi connectivity index (χ1) is 18.5. The van der Waals surface area contributed by atoms with Gasteiger partial charge in [-0.25, -0.2) is 0 Å². The van der Waals surface area contributed by atoms with Crippen LogP contribution in [-0.2, 0) is 17.8 Å². The zero-order valence-electron chi connectivity index (χ0n) is 23.6. The van der Waals surface area contributed by atoms with Gasteiger partial charge in [0.25, 0.3) is 0 Å². The normalized spacial score (nSPS) is 24.6. The molecule has 0 radical (unpaired) electrons. The van der Waals surface area contributed by atoms with Crippen molar-refractivity contribution in [3.8, 4) is 0 Å². The lowest BCUT2D eigenvalue weighted by atomic mass is 9.77. The molecule has 2 aliphatic carbocycles. The second kappa shape index (κ2) is 14.4. The van der Waals surface area contributed by atoms with Crippen molar-refractivity contribution in [2.24, 2.45) is 11.8 Å². The Morgan fingerprint density at radius 1 is 0.763 bits per heavy atom. The van der Waals surface area contributed by atoms with Crippen LogP contribution in [0, 0.1) is 11.8 Å². The highest BCUT2D eigenvalue weighted by molar-refractivity contribution is 5.27. The van der Waals surface area contributed by atoms with Crippen molar-refractivity contribution in [2.75, 3.05) is 0 Å². The fraction of sp³-hybridized carbons (Fsp3) is 0.600. The van der Waals surface area contributed by atoms with E-state index in [1.165, 1.54) is 88.2 Å². The number of unbranched alkanes of at least 4 members (excludes halogenated alkanes) is 2. The molecule has 1 nitrogen and oxygen atoms in total. The minimum atomic E-state index is -3.18. The Bertz CT molecular complexity index is 962. The van der Waals surface area contributed by atoms with Crippen LogP contribution < -0.4 is 0 Å². The molecule has 0 saturated heterocycles. The number of allylic oxidation sites excluding steroid dienone is 2. The van der Waals surface area contributed by atoms with Crippen molar-refractivity contribution >= 4 is 0 Å². The van der Waals surface area contributed by atoms with Crippen LogP contribution >= 0.6 is 0 Å². The van der Waals surface area contributed by atoms with E-state index >= 15 is 0 Å². The third kappa shape index (κ3) is 8.76. The van der Waals surface area contributed by atoms with Gasteiger partial charge < -0.3 is 4.74 Å². The molecule has 4 rings (SSSR count). The third-order valence-corrected chi connectivity index (χ3v) is 9.06. The van der Waals surface area contributed by atoms with Crippen molar-refractivity contribution in [1.82, 2.24) is 0 Å². The Morgan fingerprint density at radius 3 is 1.87 bits per heavy atom. The summed E-state index contributed by atoms with van der Waals surface area (Å²) in [4.78, 5) is 0. The van der Waals surface area contributed by atoms with E-state index in [2.05, 4.69) is 50.3 Å². The molecule has 0 aromatic heterocycles. The van der Waals surface area contributed by atoms with Crippen molar-refractivity contribution in [2.45, 2.75) is 122 Å². The topological polar surface area (TPSA) is 9.23 Å². The van der Waals surface area contributed by atoms with Gasteiger partial charge in [0, 0.05) is 0 Å². The molecule has 2 aromatic carbocycles. The SMILES string of the molecule is C/C=C/C1CCC(c2ccc(COC(F)(F)Cc3ccc(C4CCC(CCCCC)CC4)cc3)cc2)CC1. The van der Waals surface area contributed by atoms with E-state index in [9.17, 15) is 8.78 Å². The van der Waals surface area contributed by atoms with Crippen LogP contribution in [0.4, 0.5) is 8.78 Å². The van der Waals surface area contributed by atoms with Gasteiger partial charge in [-0.2, -0.15) is 8.78 Å². The Kier molecular flexibility index (Phi) is 11.0. The smallest absolute Gasteiger partial charge is 0.315 e. The quantitative estimate of drug-likeness (QED) is 0.199. The first kappa shape index (κ1) is 29.0. The average molecular weight is 523 g/mol. The number of rotatable bonds is 12. The van der Waals surface area contributed by atoms with Gasteiger partial charge in [0.05, 0.1) is 13.0 Å². The Morgan fingerprint density at radius 2 is 1.32 bits per heavy atom. The molecule has 2 saturated carbocycles. The number of hydrogen-bond acceptors (Lipinski definition) is 1. The van der Waals surface area contributed by atoms with Crippen molar-refractivity contribution in [3.05, 3.63) is 82.9 Å². The fourth-order valence-electron chi connectivity index (χ4n) is 6.66. The molecular weight excluding hydrogens is 474 g/mol. The summed E-state index contributed by atoms with van der Waals surface area (Å²) in [5, 5.41) is 0. The molecule has 0 bridgehead atoms. The van der Waals surface area contributed by atoms with Gasteiger partial charge in [0.2, 0.25) is 0 Å². The Hall–Kier alpha value is -2.00. The zero-order valence-corrected chi connectivity index (χ0v) is 23.6. The maximum Gasteiger partial charge on any atom is 0.360 e. The van der Waals surface area contributed by atoms with Crippen LogP contribution in [0.15, 0.2) is 60.7 Å². The minimum Gasteiger partial charge on any atom is -0.315 e. The number of alkyl halides is 2. The van der Waals surface area contributed by atoms with Crippen LogP contribution in [0.1, 0.15) is 125 Å². The van der Waals surface area contributed by atoms with Crippen LogP contribution in [0.3, 0.4) is 0 Å². The number of ether oxygens (including phenoxy) is 1. The molecule has 0 heterocycles. The molecule has 2 fully saturated rings. The van der Waals surface area contributed by atoms with E-state index in [1.807, 2.05) is 24.3 Å². The monoisotopic (exact) mass is 522 g/mol. The van der Waals surface area contributed by atoms with Crippen LogP contribution in [0.25, 0.3) is 0 Å². The summed E-state index contributed by atoms with van der Waals surface area (Å²) in [5.74, 6) is 2.75. The standard InChI is InChI=1S/C35H48F2O/c1-3-5-6-8-28-11-19-32(20-12-28)33-21-13-29(14-22-33)25-35(36,37)38-26-30-15-23-34(24-16-30)31-17-9-27(7-4-2)10-18-31/h4,7,13-16,21-24,27-28,31-32H,3,5-6,8-12,17-20,25-26H2,1-2H3/b7-4+. The third-order valence-electron chi connectivity index (χ3n) is 9.06. The van der Waals surface area contributed by atoms with Crippen LogP contribution in [0.2, 0.25) is 0 Å². The van der Waals surface area contributed by atoms with Gasteiger partial charge in [0.15, 0.2) is 0 Å². The summed E-state index contributed by atoms with van der Waals surface area (Å²) in [6, 6.07) is 16.0. The molecule has 0 amide bonds. The summed E-state index contributed by atoms with van der Waals surface area (Å²) < 4.78 is 34.4. The summed E-state index contributed by atoms with van der Waals surface area (Å²) >= 11 is 0. The highest BCUT2D eigenvalue weighted by Gasteiger charge is 2.31. The largest absolute Gasteiger partial charge is 0.360 e. The predicted molar refractivity (Wildman–Crippen MR) is 155 cm³/mol. The van der Waals surface area contributed by atoms with E-state index in [4.69, 9.17) is 4.74 Å². The maximum absolute atomic E-state index is 14.7. The van der Waals surface area contributed by atoms with Gasteiger partial charge in [-0.15, -0.1) is 0 Å². The lowest BCUT2D eigenvalue weighted by molar-refractivity contribution is -0.244. The molecule has 0 unspecified atom stereocenters. The fourth-order valence-corrected chi connectivity index (χ4v) is 6.66. The van der Waals surface area contributed by atoms with Gasteiger partial charge >= 0.3 is 6.11 Å². The van der Waals surface area contributed by atoms with Crippen molar-refractivity contribution < 1.29 is 13.5 Å². The van der Waals surface area contributed by atoms with Gasteiger partial charge in [0.1, 0.15) is 0 Å². The Balaban J connectivity index is 1.20. The van der Waals surface area contributed by atoms with Gasteiger partial charge in [-0.3, -0.25) is 0 Å². The first-order valence-electron chi connectivity index (χ1n) is 15.3. The molecule has 2 aromatic rings.